The standard InChI is InChI=1S/C8H12F2O2/c1-7(2)4-3-5(11)6(12)8(7,9)10/h3-6,11-12H,1-2H3/t5-,6-/m0/s1. The lowest BCUT2D eigenvalue weighted by molar-refractivity contribution is -0.195. The number of alkyl halides is 2. The Kier molecular flexibility index (Phi) is 2.00. The summed E-state index contributed by atoms with van der Waals surface area (Å²) in [6.07, 6.45) is -1.04. The van der Waals surface area contributed by atoms with Crippen molar-refractivity contribution in [3.05, 3.63) is 12.2 Å². The molecule has 0 aliphatic heterocycles. The quantitative estimate of drug-likeness (QED) is 0.542. The smallest absolute Gasteiger partial charge is 0.284 e. The van der Waals surface area contributed by atoms with Crippen molar-refractivity contribution in [3.8, 4) is 0 Å². The first-order chi connectivity index (χ1) is 5.29. The molecule has 0 heterocycles. The van der Waals surface area contributed by atoms with Crippen molar-refractivity contribution < 1.29 is 19.0 Å². The zero-order valence-corrected chi connectivity index (χ0v) is 6.96. The molecule has 1 rings (SSSR count). The predicted molar refractivity (Wildman–Crippen MR) is 39.9 cm³/mol. The van der Waals surface area contributed by atoms with Crippen molar-refractivity contribution in [3.63, 3.8) is 0 Å². The molecule has 0 saturated carbocycles. The summed E-state index contributed by atoms with van der Waals surface area (Å²) in [5.74, 6) is -3.28. The van der Waals surface area contributed by atoms with E-state index < -0.39 is 23.5 Å². The van der Waals surface area contributed by atoms with Crippen LogP contribution in [0.2, 0.25) is 0 Å². The van der Waals surface area contributed by atoms with Crippen molar-refractivity contribution in [2.75, 3.05) is 0 Å². The fourth-order valence-corrected chi connectivity index (χ4v) is 1.15. The van der Waals surface area contributed by atoms with Crippen molar-refractivity contribution >= 4 is 0 Å². The third-order valence-corrected chi connectivity index (χ3v) is 2.26. The molecular formula is C8H12F2O2. The number of halogens is 2. The van der Waals surface area contributed by atoms with Gasteiger partial charge in [0.15, 0.2) is 0 Å². The van der Waals surface area contributed by atoms with Crippen LogP contribution in [-0.2, 0) is 0 Å². The van der Waals surface area contributed by atoms with E-state index in [9.17, 15) is 8.78 Å². The molecule has 0 bridgehead atoms. The fourth-order valence-electron chi connectivity index (χ4n) is 1.15. The average Bonchev–Trinajstić information content (AvgIpc) is 1.96. The zero-order chi connectivity index (χ0) is 9.57. The van der Waals surface area contributed by atoms with Gasteiger partial charge in [0.25, 0.3) is 5.92 Å². The van der Waals surface area contributed by atoms with E-state index in [2.05, 4.69) is 0 Å². The summed E-state index contributed by atoms with van der Waals surface area (Å²) < 4.78 is 26.3. The summed E-state index contributed by atoms with van der Waals surface area (Å²) in [5, 5.41) is 17.9. The number of aliphatic hydroxyl groups excluding tert-OH is 2. The minimum Gasteiger partial charge on any atom is -0.386 e. The third kappa shape index (κ3) is 1.15. The molecule has 0 aromatic rings. The maximum absolute atomic E-state index is 13.2. The predicted octanol–water partition coefficient (Wildman–Crippen LogP) is 0.940. The van der Waals surface area contributed by atoms with Gasteiger partial charge in [0.1, 0.15) is 12.2 Å². The Morgan fingerprint density at radius 3 is 2.17 bits per heavy atom. The largest absolute Gasteiger partial charge is 0.386 e. The lowest BCUT2D eigenvalue weighted by Gasteiger charge is -2.39. The molecule has 0 aromatic heterocycles. The van der Waals surface area contributed by atoms with Gasteiger partial charge >= 0.3 is 0 Å². The number of hydrogen-bond acceptors (Lipinski definition) is 2. The van der Waals surface area contributed by atoms with Crippen LogP contribution in [0.25, 0.3) is 0 Å². The van der Waals surface area contributed by atoms with Crippen molar-refractivity contribution in [1.82, 2.24) is 0 Å². The molecule has 1 aliphatic carbocycles. The molecule has 0 fully saturated rings. The van der Waals surface area contributed by atoms with E-state index in [1.165, 1.54) is 26.0 Å². The van der Waals surface area contributed by atoms with E-state index >= 15 is 0 Å². The summed E-state index contributed by atoms with van der Waals surface area (Å²) in [7, 11) is 0. The van der Waals surface area contributed by atoms with Gasteiger partial charge in [-0.2, -0.15) is 0 Å². The Bertz CT molecular complexity index is 211. The minimum atomic E-state index is -3.28. The van der Waals surface area contributed by atoms with Crippen molar-refractivity contribution in [2.24, 2.45) is 5.41 Å². The minimum absolute atomic E-state index is 1.20. The van der Waals surface area contributed by atoms with Gasteiger partial charge in [-0.15, -0.1) is 0 Å². The topological polar surface area (TPSA) is 40.5 Å². The molecule has 0 spiro atoms. The van der Waals surface area contributed by atoms with Crippen molar-refractivity contribution in [1.29, 1.82) is 0 Å². The van der Waals surface area contributed by atoms with Crippen LogP contribution < -0.4 is 0 Å². The Labute approximate surface area is 69.5 Å². The van der Waals surface area contributed by atoms with E-state index in [1.54, 1.807) is 0 Å². The number of rotatable bonds is 0. The Hall–Kier alpha value is -0.480. The van der Waals surface area contributed by atoms with Crippen LogP contribution in [-0.4, -0.2) is 28.3 Å². The first-order valence-corrected chi connectivity index (χ1v) is 3.72. The summed E-state index contributed by atoms with van der Waals surface area (Å²) in [6, 6.07) is 0. The molecule has 70 valence electrons. The first kappa shape index (κ1) is 9.61. The second-order valence-electron chi connectivity index (χ2n) is 3.64. The summed E-state index contributed by atoms with van der Waals surface area (Å²) in [4.78, 5) is 0. The maximum Gasteiger partial charge on any atom is 0.284 e. The van der Waals surface area contributed by atoms with Gasteiger partial charge < -0.3 is 10.2 Å². The van der Waals surface area contributed by atoms with Crippen LogP contribution in [0.15, 0.2) is 12.2 Å². The monoisotopic (exact) mass is 178 g/mol. The molecule has 12 heavy (non-hydrogen) atoms. The van der Waals surface area contributed by atoms with E-state index in [0.29, 0.717) is 0 Å². The number of allylic oxidation sites excluding steroid dienone is 1. The molecule has 0 amide bonds. The highest BCUT2D eigenvalue weighted by atomic mass is 19.3. The molecule has 2 atom stereocenters. The van der Waals surface area contributed by atoms with E-state index in [4.69, 9.17) is 10.2 Å². The van der Waals surface area contributed by atoms with Crippen LogP contribution in [0.3, 0.4) is 0 Å². The molecule has 0 unspecified atom stereocenters. The Balaban J connectivity index is 3.05. The molecule has 2 nitrogen and oxygen atoms in total. The first-order valence-electron chi connectivity index (χ1n) is 3.72. The molecule has 0 aromatic carbocycles. The SMILES string of the molecule is CC1(C)C=C[C@H](O)[C@H](O)C1(F)F. The van der Waals surface area contributed by atoms with Gasteiger partial charge in [0, 0.05) is 5.41 Å². The number of hydrogen-bond donors (Lipinski definition) is 2. The molecular weight excluding hydrogens is 166 g/mol. The molecule has 4 heteroatoms. The van der Waals surface area contributed by atoms with Gasteiger partial charge in [0.2, 0.25) is 0 Å². The molecule has 2 N–H and O–H groups in total. The van der Waals surface area contributed by atoms with Gasteiger partial charge in [-0.1, -0.05) is 26.0 Å². The highest BCUT2D eigenvalue weighted by Crippen LogP contribution is 2.43. The van der Waals surface area contributed by atoms with Crippen LogP contribution in [0.5, 0.6) is 0 Å². The lowest BCUT2D eigenvalue weighted by Crippen LogP contribution is -2.53. The van der Waals surface area contributed by atoms with Crippen LogP contribution in [0, 0.1) is 5.41 Å². The second-order valence-corrected chi connectivity index (χ2v) is 3.64. The van der Waals surface area contributed by atoms with Crippen LogP contribution in [0.4, 0.5) is 8.78 Å². The van der Waals surface area contributed by atoms with E-state index in [1.807, 2.05) is 0 Å². The van der Waals surface area contributed by atoms with Crippen LogP contribution >= 0.6 is 0 Å². The fraction of sp³-hybridized carbons (Fsp3) is 0.750. The van der Waals surface area contributed by atoms with Gasteiger partial charge in [-0.3, -0.25) is 0 Å². The summed E-state index contributed by atoms with van der Waals surface area (Å²) >= 11 is 0. The molecule has 0 radical (unpaired) electrons. The van der Waals surface area contributed by atoms with Gasteiger partial charge in [-0.25, -0.2) is 8.78 Å². The molecule has 0 saturated heterocycles. The second kappa shape index (κ2) is 2.50. The Morgan fingerprint density at radius 2 is 1.75 bits per heavy atom. The summed E-state index contributed by atoms with van der Waals surface area (Å²) in [6.45, 7) is 2.64. The average molecular weight is 178 g/mol. The molecule has 1 aliphatic rings. The van der Waals surface area contributed by atoms with E-state index in [-0.39, 0.29) is 0 Å². The zero-order valence-electron chi connectivity index (χ0n) is 6.96. The normalized spacial score (nSPS) is 38.2. The highest BCUT2D eigenvalue weighted by molar-refractivity contribution is 5.15. The van der Waals surface area contributed by atoms with E-state index in [0.717, 1.165) is 0 Å². The van der Waals surface area contributed by atoms with Gasteiger partial charge in [0.05, 0.1) is 0 Å². The summed E-state index contributed by atoms with van der Waals surface area (Å²) in [5.41, 5.74) is -1.40. The third-order valence-electron chi connectivity index (χ3n) is 2.26. The maximum atomic E-state index is 13.2. The lowest BCUT2D eigenvalue weighted by atomic mass is 9.76. The highest BCUT2D eigenvalue weighted by Gasteiger charge is 2.55. The van der Waals surface area contributed by atoms with Crippen LogP contribution in [0.1, 0.15) is 13.8 Å². The Morgan fingerprint density at radius 1 is 1.25 bits per heavy atom. The number of aliphatic hydroxyl groups is 2. The van der Waals surface area contributed by atoms with Crippen molar-refractivity contribution in [2.45, 2.75) is 32.0 Å². The van der Waals surface area contributed by atoms with Gasteiger partial charge in [-0.05, 0) is 0 Å².